The molecule has 37 heavy (non-hydrogen) atoms. The van der Waals surface area contributed by atoms with E-state index in [0.717, 1.165) is 18.8 Å². The van der Waals surface area contributed by atoms with E-state index in [9.17, 15) is 14.7 Å². The van der Waals surface area contributed by atoms with Crippen LogP contribution in [0.3, 0.4) is 0 Å². The monoisotopic (exact) mass is 602 g/mol. The molecule has 192 valence electrons. The lowest BCUT2D eigenvalue weighted by molar-refractivity contribution is -0.117. The van der Waals surface area contributed by atoms with Gasteiger partial charge in [-0.1, -0.05) is 63.4 Å². The number of hydrogen-bond donors (Lipinski definition) is 3. The number of halogens is 3. The van der Waals surface area contributed by atoms with Gasteiger partial charge < -0.3 is 15.3 Å². The van der Waals surface area contributed by atoms with Gasteiger partial charge in [0.25, 0.3) is 11.8 Å². The molecule has 3 aromatic rings. The van der Waals surface area contributed by atoms with Gasteiger partial charge >= 0.3 is 0 Å². The molecule has 0 aliphatic rings. The topological polar surface area (TPSA) is 94.0 Å². The highest BCUT2D eigenvalue weighted by atomic mass is 79.9. The molecule has 0 bridgehead atoms. The van der Waals surface area contributed by atoms with Gasteiger partial charge in [-0.15, -0.1) is 0 Å². The van der Waals surface area contributed by atoms with Crippen molar-refractivity contribution in [3.8, 4) is 5.75 Å². The van der Waals surface area contributed by atoms with E-state index in [-0.39, 0.29) is 32.6 Å². The summed E-state index contributed by atoms with van der Waals surface area (Å²) in [7, 11) is 0. The first-order chi connectivity index (χ1) is 17.7. The Morgan fingerprint density at radius 1 is 1.03 bits per heavy atom. The van der Waals surface area contributed by atoms with Crippen LogP contribution in [0.2, 0.25) is 10.0 Å². The van der Waals surface area contributed by atoms with Crippen molar-refractivity contribution in [2.24, 2.45) is 5.10 Å². The van der Waals surface area contributed by atoms with Gasteiger partial charge in [-0.05, 0) is 61.9 Å². The number of benzene rings is 3. The first-order valence-corrected chi connectivity index (χ1v) is 12.9. The predicted molar refractivity (Wildman–Crippen MR) is 153 cm³/mol. The molecule has 0 heterocycles. The number of aromatic hydroxyl groups is 1. The molecule has 7 nitrogen and oxygen atoms in total. The summed E-state index contributed by atoms with van der Waals surface area (Å²) < 4.78 is 0.629. The number of phenolic OH excluding ortho intramolecular Hbond substituents is 1. The Morgan fingerprint density at radius 2 is 1.70 bits per heavy atom. The number of rotatable bonds is 9. The maximum absolute atomic E-state index is 13.0. The summed E-state index contributed by atoms with van der Waals surface area (Å²) in [6.45, 7) is 5.88. The third-order valence-electron chi connectivity index (χ3n) is 5.37. The van der Waals surface area contributed by atoms with Crippen molar-refractivity contribution in [2.45, 2.75) is 13.8 Å². The summed E-state index contributed by atoms with van der Waals surface area (Å²) in [4.78, 5) is 28.1. The van der Waals surface area contributed by atoms with E-state index in [1.807, 2.05) is 24.3 Å². The van der Waals surface area contributed by atoms with Crippen molar-refractivity contribution in [3.05, 3.63) is 97.6 Å². The van der Waals surface area contributed by atoms with Gasteiger partial charge in [0, 0.05) is 28.8 Å². The number of nitrogens with one attached hydrogen (secondary N) is 2. The SMILES string of the molecule is CCN(CC)c1ccc(/C=C(/NC(=O)c2ccccc2Cl)C(=O)N/N=C/c2cc(Br)cc(Cl)c2O)cc1. The number of nitrogens with zero attached hydrogens (tertiary/aromatic N) is 2. The Morgan fingerprint density at radius 3 is 2.35 bits per heavy atom. The zero-order chi connectivity index (χ0) is 26.9. The number of carbonyl (C=O) groups is 2. The van der Waals surface area contributed by atoms with Crippen molar-refractivity contribution < 1.29 is 14.7 Å². The van der Waals surface area contributed by atoms with Gasteiger partial charge in [-0.3, -0.25) is 9.59 Å². The summed E-state index contributed by atoms with van der Waals surface area (Å²) >= 11 is 15.4. The molecule has 0 saturated heterocycles. The van der Waals surface area contributed by atoms with E-state index in [0.29, 0.717) is 10.0 Å². The van der Waals surface area contributed by atoms with Crippen molar-refractivity contribution in [1.82, 2.24) is 10.7 Å². The average Bonchev–Trinajstić information content (AvgIpc) is 2.88. The quantitative estimate of drug-likeness (QED) is 0.154. The maximum Gasteiger partial charge on any atom is 0.287 e. The number of amides is 2. The number of anilines is 1. The highest BCUT2D eigenvalue weighted by Gasteiger charge is 2.16. The van der Waals surface area contributed by atoms with Gasteiger partial charge in [0.05, 0.1) is 21.8 Å². The molecule has 0 aromatic heterocycles. The molecule has 0 atom stereocenters. The van der Waals surface area contributed by atoms with Crippen LogP contribution in [0.4, 0.5) is 5.69 Å². The van der Waals surface area contributed by atoms with Crippen LogP contribution in [-0.2, 0) is 4.79 Å². The molecule has 0 fully saturated rings. The minimum absolute atomic E-state index is 0.0471. The molecule has 0 aliphatic heterocycles. The van der Waals surface area contributed by atoms with Crippen LogP contribution < -0.4 is 15.6 Å². The first-order valence-electron chi connectivity index (χ1n) is 11.4. The van der Waals surface area contributed by atoms with E-state index in [4.69, 9.17) is 23.2 Å². The molecule has 0 unspecified atom stereocenters. The van der Waals surface area contributed by atoms with E-state index >= 15 is 0 Å². The van der Waals surface area contributed by atoms with E-state index in [2.05, 4.69) is 50.5 Å². The minimum atomic E-state index is -0.676. The highest BCUT2D eigenvalue weighted by molar-refractivity contribution is 9.10. The van der Waals surface area contributed by atoms with Gasteiger partial charge in [0.15, 0.2) is 0 Å². The molecule has 10 heteroatoms. The van der Waals surface area contributed by atoms with Crippen LogP contribution >= 0.6 is 39.1 Å². The van der Waals surface area contributed by atoms with Crippen LogP contribution in [0, 0.1) is 0 Å². The van der Waals surface area contributed by atoms with Crippen LogP contribution in [0.25, 0.3) is 6.08 Å². The zero-order valence-corrected chi connectivity index (χ0v) is 23.2. The van der Waals surface area contributed by atoms with Crippen molar-refractivity contribution in [1.29, 1.82) is 0 Å². The van der Waals surface area contributed by atoms with Crippen molar-refractivity contribution >= 4 is 68.9 Å². The molecular weight excluding hydrogens is 579 g/mol. The molecule has 3 rings (SSSR count). The van der Waals surface area contributed by atoms with Crippen LogP contribution in [-0.4, -0.2) is 36.2 Å². The Hall–Kier alpha value is -3.33. The third kappa shape index (κ3) is 7.58. The van der Waals surface area contributed by atoms with Crippen molar-refractivity contribution in [3.63, 3.8) is 0 Å². The fourth-order valence-corrected chi connectivity index (χ4v) is 4.49. The van der Waals surface area contributed by atoms with Gasteiger partial charge in [0.1, 0.15) is 11.4 Å². The number of hydrogen-bond acceptors (Lipinski definition) is 5. The Labute approximate surface area is 233 Å². The predicted octanol–water partition coefficient (Wildman–Crippen LogP) is 6.23. The van der Waals surface area contributed by atoms with Crippen LogP contribution in [0.5, 0.6) is 5.75 Å². The maximum atomic E-state index is 13.0. The molecule has 0 saturated carbocycles. The van der Waals surface area contributed by atoms with Crippen LogP contribution in [0.15, 0.2) is 75.9 Å². The number of hydrazone groups is 1. The van der Waals surface area contributed by atoms with Crippen molar-refractivity contribution in [2.75, 3.05) is 18.0 Å². The lowest BCUT2D eigenvalue weighted by Gasteiger charge is -2.21. The van der Waals surface area contributed by atoms with E-state index in [1.165, 1.54) is 12.3 Å². The molecule has 2 amide bonds. The summed E-state index contributed by atoms with van der Waals surface area (Å²) in [6, 6.07) is 17.3. The van der Waals surface area contributed by atoms with Crippen LogP contribution in [0.1, 0.15) is 35.3 Å². The lowest BCUT2D eigenvalue weighted by Crippen LogP contribution is -2.33. The largest absolute Gasteiger partial charge is 0.506 e. The standard InChI is InChI=1S/C27H25BrCl2N4O3/c1-3-34(4-2)20-11-9-17(10-12-20)13-24(32-26(36)21-7-5-6-8-22(21)29)27(37)33-31-16-18-14-19(28)15-23(30)25(18)35/h5-16,35H,3-4H2,1-2H3,(H,32,36)(H,33,37)/b24-13+,31-16+. The number of phenols is 1. The molecular formula is C27H25BrCl2N4O3. The third-order valence-corrected chi connectivity index (χ3v) is 6.45. The highest BCUT2D eigenvalue weighted by Crippen LogP contribution is 2.30. The second-order valence-electron chi connectivity index (χ2n) is 7.78. The van der Waals surface area contributed by atoms with E-state index < -0.39 is 11.8 Å². The number of carbonyl (C=O) groups excluding carboxylic acids is 2. The smallest absolute Gasteiger partial charge is 0.287 e. The second-order valence-corrected chi connectivity index (χ2v) is 9.51. The molecule has 3 aromatic carbocycles. The minimum Gasteiger partial charge on any atom is -0.506 e. The second kappa shape index (κ2) is 13.3. The average molecular weight is 604 g/mol. The van der Waals surface area contributed by atoms with Gasteiger partial charge in [-0.25, -0.2) is 5.43 Å². The fourth-order valence-electron chi connectivity index (χ4n) is 3.44. The first kappa shape index (κ1) is 28.2. The Balaban J connectivity index is 1.88. The van der Waals surface area contributed by atoms with Gasteiger partial charge in [-0.2, -0.15) is 5.10 Å². The molecule has 0 aliphatic carbocycles. The summed E-state index contributed by atoms with van der Waals surface area (Å²) in [5.41, 5.74) is 4.58. The molecule has 0 radical (unpaired) electrons. The van der Waals surface area contributed by atoms with Gasteiger partial charge in [0.2, 0.25) is 0 Å². The Kier molecular flexibility index (Phi) is 10.1. The molecule has 3 N–H and O–H groups in total. The summed E-state index contributed by atoms with van der Waals surface area (Å²) in [5.74, 6) is -1.41. The lowest BCUT2D eigenvalue weighted by atomic mass is 10.1. The summed E-state index contributed by atoms with van der Waals surface area (Å²) in [5, 5.41) is 17.0. The molecule has 0 spiro atoms. The fraction of sp³-hybridized carbons (Fsp3) is 0.148. The Bertz CT molecular complexity index is 1340. The zero-order valence-electron chi connectivity index (χ0n) is 20.1. The van der Waals surface area contributed by atoms with E-state index in [1.54, 1.807) is 36.4 Å². The normalized spacial score (nSPS) is 11.4. The summed E-state index contributed by atoms with van der Waals surface area (Å²) in [6.07, 6.45) is 2.79.